The molecule has 1 aromatic carbocycles. The molecule has 2 rings (SSSR count). The first-order chi connectivity index (χ1) is 9.57. The number of rotatable bonds is 4. The van der Waals surface area contributed by atoms with E-state index in [1.807, 2.05) is 6.92 Å². The second-order valence-corrected chi connectivity index (χ2v) is 5.04. The Labute approximate surface area is 118 Å². The van der Waals surface area contributed by atoms with Crippen molar-refractivity contribution in [2.75, 3.05) is 18.5 Å². The normalized spacial score (nSPS) is 26.1. The summed E-state index contributed by atoms with van der Waals surface area (Å²) >= 11 is 0. The van der Waals surface area contributed by atoms with E-state index in [2.05, 4.69) is 5.32 Å². The number of nitrogens with one attached hydrogen (secondary N) is 1. The Kier molecular flexibility index (Phi) is 4.60. The van der Waals surface area contributed by atoms with E-state index >= 15 is 0 Å². The van der Waals surface area contributed by atoms with Gasteiger partial charge < -0.3 is 14.8 Å². The summed E-state index contributed by atoms with van der Waals surface area (Å²) in [6, 6.07) is 6.33. The number of halogens is 1. The molecule has 0 saturated carbocycles. The van der Waals surface area contributed by atoms with Gasteiger partial charge in [-0.05, 0) is 26.0 Å². The lowest BCUT2D eigenvalue weighted by Crippen LogP contribution is -2.53. The van der Waals surface area contributed by atoms with Gasteiger partial charge >= 0.3 is 5.97 Å². The third-order valence-electron chi connectivity index (χ3n) is 3.48. The number of para-hydroxylation sites is 1. The van der Waals surface area contributed by atoms with Crippen LogP contribution in [0.4, 0.5) is 10.1 Å². The van der Waals surface area contributed by atoms with E-state index in [1.165, 1.54) is 6.07 Å². The summed E-state index contributed by atoms with van der Waals surface area (Å²) in [4.78, 5) is 12.3. The highest BCUT2D eigenvalue weighted by molar-refractivity contribution is 5.85. The van der Waals surface area contributed by atoms with Gasteiger partial charge in [0.2, 0.25) is 0 Å². The molecule has 1 aromatic rings. The predicted molar refractivity (Wildman–Crippen MR) is 74.0 cm³/mol. The van der Waals surface area contributed by atoms with Gasteiger partial charge in [-0.3, -0.25) is 0 Å². The Hall–Kier alpha value is -1.62. The van der Waals surface area contributed by atoms with E-state index in [0.717, 1.165) is 0 Å². The lowest BCUT2D eigenvalue weighted by atomic mass is 9.86. The van der Waals surface area contributed by atoms with Gasteiger partial charge in [0.05, 0.1) is 18.4 Å². The number of carbonyl (C=O) groups is 1. The van der Waals surface area contributed by atoms with Crippen LogP contribution in [-0.2, 0) is 14.3 Å². The van der Waals surface area contributed by atoms with Crippen LogP contribution < -0.4 is 5.32 Å². The molecule has 20 heavy (non-hydrogen) atoms. The van der Waals surface area contributed by atoms with Crippen molar-refractivity contribution in [2.45, 2.75) is 38.3 Å². The van der Waals surface area contributed by atoms with Crippen LogP contribution in [0.25, 0.3) is 0 Å². The smallest absolute Gasteiger partial charge is 0.331 e. The van der Waals surface area contributed by atoms with Crippen LogP contribution in [0.5, 0.6) is 0 Å². The molecule has 1 saturated heterocycles. The standard InChI is InChI=1S/C15H20FNO3/c1-3-19-14(18)15(8-9-20-11(2)10-15)17-13-7-5-4-6-12(13)16/h4-7,11,17H,3,8-10H2,1-2H3. The molecule has 0 aliphatic carbocycles. The number of esters is 1. The lowest BCUT2D eigenvalue weighted by molar-refractivity contribution is -0.153. The molecule has 5 heteroatoms. The van der Waals surface area contributed by atoms with Gasteiger partial charge in [0.1, 0.15) is 11.4 Å². The summed E-state index contributed by atoms with van der Waals surface area (Å²) < 4.78 is 24.5. The van der Waals surface area contributed by atoms with E-state index in [1.54, 1.807) is 25.1 Å². The van der Waals surface area contributed by atoms with Gasteiger partial charge in [0, 0.05) is 19.4 Å². The molecule has 0 radical (unpaired) electrons. The average molecular weight is 281 g/mol. The molecule has 2 unspecified atom stereocenters. The molecule has 1 heterocycles. The Bertz CT molecular complexity index is 480. The van der Waals surface area contributed by atoms with Crippen LogP contribution in [-0.4, -0.2) is 30.8 Å². The van der Waals surface area contributed by atoms with E-state index in [-0.39, 0.29) is 17.9 Å². The van der Waals surface area contributed by atoms with Crippen molar-refractivity contribution >= 4 is 11.7 Å². The maximum atomic E-state index is 13.8. The zero-order valence-electron chi connectivity index (χ0n) is 11.8. The van der Waals surface area contributed by atoms with Gasteiger partial charge in [-0.15, -0.1) is 0 Å². The molecule has 0 aromatic heterocycles. The van der Waals surface area contributed by atoms with E-state index in [0.29, 0.717) is 31.7 Å². The fourth-order valence-electron chi connectivity index (χ4n) is 2.53. The van der Waals surface area contributed by atoms with Gasteiger partial charge in [-0.2, -0.15) is 0 Å². The van der Waals surface area contributed by atoms with Crippen molar-refractivity contribution in [3.63, 3.8) is 0 Å². The summed E-state index contributed by atoms with van der Waals surface area (Å²) in [7, 11) is 0. The molecule has 1 N–H and O–H groups in total. The number of ether oxygens (including phenoxy) is 2. The van der Waals surface area contributed by atoms with Crippen LogP contribution in [0.15, 0.2) is 24.3 Å². The van der Waals surface area contributed by atoms with Crippen molar-refractivity contribution in [2.24, 2.45) is 0 Å². The molecule has 2 atom stereocenters. The highest BCUT2D eigenvalue weighted by Crippen LogP contribution is 2.31. The van der Waals surface area contributed by atoms with Gasteiger partial charge in [0.25, 0.3) is 0 Å². The van der Waals surface area contributed by atoms with E-state index in [9.17, 15) is 9.18 Å². The number of benzene rings is 1. The maximum absolute atomic E-state index is 13.8. The highest BCUT2D eigenvalue weighted by Gasteiger charge is 2.44. The van der Waals surface area contributed by atoms with Crippen LogP contribution in [0.1, 0.15) is 26.7 Å². The first-order valence-corrected chi connectivity index (χ1v) is 6.89. The number of anilines is 1. The molecular weight excluding hydrogens is 261 g/mol. The van der Waals surface area contributed by atoms with Gasteiger partial charge in [-0.25, -0.2) is 9.18 Å². The summed E-state index contributed by atoms with van der Waals surface area (Å²) in [5, 5.41) is 3.05. The number of carbonyl (C=O) groups excluding carboxylic acids is 1. The summed E-state index contributed by atoms with van der Waals surface area (Å²) in [5.74, 6) is -0.728. The second kappa shape index (κ2) is 6.22. The van der Waals surface area contributed by atoms with Crippen molar-refractivity contribution in [3.05, 3.63) is 30.1 Å². The second-order valence-electron chi connectivity index (χ2n) is 5.04. The topological polar surface area (TPSA) is 47.6 Å². The molecule has 4 nitrogen and oxygen atoms in total. The minimum Gasteiger partial charge on any atom is -0.464 e. The van der Waals surface area contributed by atoms with E-state index in [4.69, 9.17) is 9.47 Å². The number of hydrogen-bond acceptors (Lipinski definition) is 4. The lowest BCUT2D eigenvalue weighted by Gasteiger charge is -2.39. The minimum absolute atomic E-state index is 0.0765. The van der Waals surface area contributed by atoms with Crippen molar-refractivity contribution in [1.82, 2.24) is 0 Å². The highest BCUT2D eigenvalue weighted by atomic mass is 19.1. The van der Waals surface area contributed by atoms with Crippen LogP contribution in [0.3, 0.4) is 0 Å². The molecule has 0 amide bonds. The molecule has 0 spiro atoms. The summed E-state index contributed by atoms with van der Waals surface area (Å²) in [6.45, 7) is 4.41. The first kappa shape index (κ1) is 14.8. The zero-order valence-corrected chi connectivity index (χ0v) is 11.8. The first-order valence-electron chi connectivity index (χ1n) is 6.89. The Balaban J connectivity index is 2.27. The zero-order chi connectivity index (χ0) is 14.6. The van der Waals surface area contributed by atoms with Crippen molar-refractivity contribution in [3.8, 4) is 0 Å². The number of hydrogen-bond donors (Lipinski definition) is 1. The third kappa shape index (κ3) is 3.10. The predicted octanol–water partition coefficient (Wildman–Crippen LogP) is 2.74. The monoisotopic (exact) mass is 281 g/mol. The van der Waals surface area contributed by atoms with Gasteiger partial charge in [-0.1, -0.05) is 12.1 Å². The summed E-state index contributed by atoms with van der Waals surface area (Å²) in [5.41, 5.74) is -0.606. The Morgan fingerprint density at radius 1 is 1.55 bits per heavy atom. The SMILES string of the molecule is CCOC(=O)C1(Nc2ccccc2F)CCOC(C)C1. The molecule has 110 valence electrons. The average Bonchev–Trinajstić information content (AvgIpc) is 2.42. The molecule has 1 fully saturated rings. The third-order valence-corrected chi connectivity index (χ3v) is 3.48. The molecule has 1 aliphatic heterocycles. The van der Waals surface area contributed by atoms with Crippen molar-refractivity contribution in [1.29, 1.82) is 0 Å². The fraction of sp³-hybridized carbons (Fsp3) is 0.533. The fourth-order valence-corrected chi connectivity index (χ4v) is 2.53. The largest absolute Gasteiger partial charge is 0.464 e. The van der Waals surface area contributed by atoms with Crippen LogP contribution >= 0.6 is 0 Å². The maximum Gasteiger partial charge on any atom is 0.331 e. The molecular formula is C15H20FNO3. The molecule has 1 aliphatic rings. The van der Waals surface area contributed by atoms with Crippen LogP contribution in [0, 0.1) is 5.82 Å². The Morgan fingerprint density at radius 3 is 2.95 bits per heavy atom. The van der Waals surface area contributed by atoms with Crippen LogP contribution in [0.2, 0.25) is 0 Å². The quantitative estimate of drug-likeness (QED) is 0.862. The molecule has 0 bridgehead atoms. The minimum atomic E-state index is -0.921. The summed E-state index contributed by atoms with van der Waals surface area (Å²) in [6.07, 6.45) is 0.845. The van der Waals surface area contributed by atoms with Gasteiger partial charge in [0.15, 0.2) is 0 Å². The van der Waals surface area contributed by atoms with E-state index < -0.39 is 5.54 Å². The van der Waals surface area contributed by atoms with Crippen molar-refractivity contribution < 1.29 is 18.7 Å². The Morgan fingerprint density at radius 2 is 2.30 bits per heavy atom.